The summed E-state index contributed by atoms with van der Waals surface area (Å²) in [5, 5.41) is 3.21. The number of rotatable bonds is 8. The van der Waals surface area contributed by atoms with Crippen LogP contribution in [0.2, 0.25) is 5.02 Å². The van der Waals surface area contributed by atoms with Crippen molar-refractivity contribution in [3.63, 3.8) is 0 Å². The molecule has 2 aromatic carbocycles. The van der Waals surface area contributed by atoms with Crippen molar-refractivity contribution in [3.8, 4) is 5.75 Å². The average Bonchev–Trinajstić information content (AvgIpc) is 2.63. The molecule has 0 bridgehead atoms. The van der Waals surface area contributed by atoms with E-state index < -0.39 is 22.0 Å². The Hall–Kier alpha value is -2.25. The fourth-order valence-electron chi connectivity index (χ4n) is 2.81. The van der Waals surface area contributed by atoms with Gasteiger partial charge in [-0.1, -0.05) is 24.6 Å². The SMILES string of the molecule is CCOc1ccc(NC(=O)[C@@H](CC)N(c2ccc(C)c(Cl)c2)S(C)(=O)=O)cc1. The molecule has 0 aliphatic rings. The lowest BCUT2D eigenvalue weighted by Crippen LogP contribution is -2.47. The third kappa shape index (κ3) is 5.39. The number of halogens is 1. The van der Waals surface area contributed by atoms with Crippen LogP contribution in [0, 0.1) is 6.92 Å². The molecule has 28 heavy (non-hydrogen) atoms. The van der Waals surface area contributed by atoms with Crippen molar-refractivity contribution in [2.45, 2.75) is 33.2 Å². The number of nitrogens with one attached hydrogen (secondary N) is 1. The molecule has 1 N–H and O–H groups in total. The largest absolute Gasteiger partial charge is 0.494 e. The maximum Gasteiger partial charge on any atom is 0.248 e. The van der Waals surface area contributed by atoms with Gasteiger partial charge in [0, 0.05) is 10.7 Å². The fraction of sp³-hybridized carbons (Fsp3) is 0.350. The second-order valence-corrected chi connectivity index (χ2v) is 8.63. The number of sulfonamides is 1. The van der Waals surface area contributed by atoms with Crippen molar-refractivity contribution in [1.82, 2.24) is 0 Å². The monoisotopic (exact) mass is 424 g/mol. The van der Waals surface area contributed by atoms with Gasteiger partial charge in [-0.25, -0.2) is 8.42 Å². The van der Waals surface area contributed by atoms with Crippen LogP contribution < -0.4 is 14.4 Å². The van der Waals surface area contributed by atoms with Gasteiger partial charge >= 0.3 is 0 Å². The summed E-state index contributed by atoms with van der Waals surface area (Å²) in [4.78, 5) is 12.9. The smallest absolute Gasteiger partial charge is 0.248 e. The third-order valence-corrected chi connectivity index (χ3v) is 5.76. The molecule has 0 aliphatic carbocycles. The topological polar surface area (TPSA) is 75.7 Å². The Balaban J connectivity index is 2.32. The molecule has 0 spiro atoms. The maximum absolute atomic E-state index is 12.9. The summed E-state index contributed by atoms with van der Waals surface area (Å²) in [6, 6.07) is 10.9. The summed E-state index contributed by atoms with van der Waals surface area (Å²) in [6.07, 6.45) is 1.37. The molecule has 0 saturated heterocycles. The predicted molar refractivity (Wildman–Crippen MR) is 114 cm³/mol. The number of hydrogen-bond donors (Lipinski definition) is 1. The first-order valence-electron chi connectivity index (χ1n) is 8.96. The van der Waals surface area contributed by atoms with Gasteiger partial charge in [0.25, 0.3) is 0 Å². The molecular weight excluding hydrogens is 400 g/mol. The van der Waals surface area contributed by atoms with Crippen molar-refractivity contribution in [2.75, 3.05) is 22.5 Å². The number of hydrogen-bond acceptors (Lipinski definition) is 4. The highest BCUT2D eigenvalue weighted by Crippen LogP contribution is 2.28. The van der Waals surface area contributed by atoms with Gasteiger partial charge in [-0.15, -0.1) is 0 Å². The van der Waals surface area contributed by atoms with Gasteiger partial charge in [-0.2, -0.15) is 0 Å². The van der Waals surface area contributed by atoms with Gasteiger partial charge < -0.3 is 10.1 Å². The standard InChI is InChI=1S/C20H25ClN2O4S/c1-5-19(20(24)22-15-8-11-17(12-9-15)27-6-2)23(28(4,25)26)16-10-7-14(3)18(21)13-16/h7-13,19H,5-6H2,1-4H3,(H,22,24)/t19-/m1/s1. The van der Waals surface area contributed by atoms with E-state index in [2.05, 4.69) is 5.32 Å². The van der Waals surface area contributed by atoms with E-state index in [-0.39, 0.29) is 0 Å². The van der Waals surface area contributed by atoms with Crippen LogP contribution in [0.25, 0.3) is 0 Å². The number of anilines is 2. The zero-order valence-corrected chi connectivity index (χ0v) is 18.0. The molecule has 1 atom stereocenters. The summed E-state index contributed by atoms with van der Waals surface area (Å²) in [5.41, 5.74) is 1.74. The summed E-state index contributed by atoms with van der Waals surface area (Å²) >= 11 is 6.17. The second kappa shape index (κ2) is 9.30. The van der Waals surface area contributed by atoms with E-state index in [1.54, 1.807) is 49.4 Å². The van der Waals surface area contributed by atoms with Gasteiger partial charge in [0.1, 0.15) is 11.8 Å². The van der Waals surface area contributed by atoms with E-state index in [1.807, 2.05) is 13.8 Å². The van der Waals surface area contributed by atoms with Gasteiger partial charge in [-0.05, 0) is 62.2 Å². The Morgan fingerprint density at radius 2 is 1.82 bits per heavy atom. The molecule has 0 fully saturated rings. The lowest BCUT2D eigenvalue weighted by molar-refractivity contribution is -0.117. The Morgan fingerprint density at radius 1 is 1.18 bits per heavy atom. The number of carbonyl (C=O) groups is 1. The fourth-order valence-corrected chi connectivity index (χ4v) is 4.18. The van der Waals surface area contributed by atoms with Gasteiger partial charge in [-0.3, -0.25) is 9.10 Å². The first-order valence-corrected chi connectivity index (χ1v) is 11.2. The van der Waals surface area contributed by atoms with E-state index in [1.165, 1.54) is 0 Å². The van der Waals surface area contributed by atoms with Crippen LogP contribution in [0.5, 0.6) is 5.75 Å². The molecule has 0 unspecified atom stereocenters. The molecule has 0 aliphatic heterocycles. The highest BCUT2D eigenvalue weighted by Gasteiger charge is 2.31. The molecule has 2 aromatic rings. The van der Waals surface area contributed by atoms with Gasteiger partial charge in [0.2, 0.25) is 15.9 Å². The summed E-state index contributed by atoms with van der Waals surface area (Å²) in [5.74, 6) is 0.272. The molecule has 152 valence electrons. The van der Waals surface area contributed by atoms with Crippen molar-refractivity contribution in [1.29, 1.82) is 0 Å². The molecule has 0 aromatic heterocycles. The van der Waals surface area contributed by atoms with E-state index in [0.717, 1.165) is 16.1 Å². The molecule has 6 nitrogen and oxygen atoms in total. The van der Waals surface area contributed by atoms with Crippen molar-refractivity contribution >= 4 is 38.9 Å². The molecule has 0 heterocycles. The van der Waals surface area contributed by atoms with Gasteiger partial charge in [0.15, 0.2) is 0 Å². The lowest BCUT2D eigenvalue weighted by atomic mass is 10.1. The van der Waals surface area contributed by atoms with Crippen LogP contribution in [0.15, 0.2) is 42.5 Å². The van der Waals surface area contributed by atoms with Crippen LogP contribution in [0.4, 0.5) is 11.4 Å². The maximum atomic E-state index is 12.9. The highest BCUT2D eigenvalue weighted by atomic mass is 35.5. The predicted octanol–water partition coefficient (Wildman–Crippen LogP) is 4.23. The first kappa shape index (κ1) is 22.0. The van der Waals surface area contributed by atoms with Crippen LogP contribution in [-0.4, -0.2) is 33.2 Å². The van der Waals surface area contributed by atoms with E-state index in [4.69, 9.17) is 16.3 Å². The Morgan fingerprint density at radius 3 is 2.32 bits per heavy atom. The van der Waals surface area contributed by atoms with E-state index in [9.17, 15) is 13.2 Å². The molecule has 2 rings (SSSR count). The van der Waals surface area contributed by atoms with Crippen LogP contribution in [-0.2, 0) is 14.8 Å². The summed E-state index contributed by atoms with van der Waals surface area (Å²) in [6.45, 7) is 6.02. The molecule has 0 saturated carbocycles. The number of ether oxygens (including phenoxy) is 1. The van der Waals surface area contributed by atoms with E-state index in [0.29, 0.717) is 35.2 Å². The number of nitrogens with zero attached hydrogens (tertiary/aromatic N) is 1. The molecular formula is C20H25ClN2O4S. The number of aryl methyl sites for hydroxylation is 1. The first-order chi connectivity index (χ1) is 13.2. The minimum atomic E-state index is -3.72. The summed E-state index contributed by atoms with van der Waals surface area (Å²) in [7, 11) is -3.72. The van der Waals surface area contributed by atoms with Crippen molar-refractivity contribution < 1.29 is 17.9 Å². The number of amides is 1. The zero-order valence-electron chi connectivity index (χ0n) is 16.4. The number of carbonyl (C=O) groups excluding carboxylic acids is 1. The van der Waals surface area contributed by atoms with Crippen molar-refractivity contribution in [2.24, 2.45) is 0 Å². The minimum Gasteiger partial charge on any atom is -0.494 e. The Kier molecular flexibility index (Phi) is 7.32. The zero-order chi connectivity index (χ0) is 20.9. The molecule has 1 amide bonds. The molecule has 8 heteroatoms. The quantitative estimate of drug-likeness (QED) is 0.688. The van der Waals surface area contributed by atoms with Crippen LogP contribution in [0.3, 0.4) is 0 Å². The minimum absolute atomic E-state index is 0.293. The molecule has 0 radical (unpaired) electrons. The average molecular weight is 425 g/mol. The van der Waals surface area contributed by atoms with Crippen LogP contribution >= 0.6 is 11.6 Å². The Bertz CT molecular complexity index is 930. The second-order valence-electron chi connectivity index (χ2n) is 6.36. The van der Waals surface area contributed by atoms with Crippen LogP contribution in [0.1, 0.15) is 25.8 Å². The highest BCUT2D eigenvalue weighted by molar-refractivity contribution is 7.92. The number of benzene rings is 2. The third-order valence-electron chi connectivity index (χ3n) is 4.17. The normalized spacial score (nSPS) is 12.3. The van der Waals surface area contributed by atoms with Gasteiger partial charge in [0.05, 0.1) is 18.6 Å². The summed E-state index contributed by atoms with van der Waals surface area (Å²) < 4.78 is 31.5. The van der Waals surface area contributed by atoms with E-state index >= 15 is 0 Å². The Labute approximate surface area is 171 Å². The van der Waals surface area contributed by atoms with Crippen molar-refractivity contribution in [3.05, 3.63) is 53.1 Å². The lowest BCUT2D eigenvalue weighted by Gasteiger charge is -2.30.